The summed E-state index contributed by atoms with van der Waals surface area (Å²) in [4.78, 5) is 0.0508. The highest BCUT2D eigenvalue weighted by atomic mass is 32.2. The number of anilines is 1. The van der Waals surface area contributed by atoms with Crippen LogP contribution in [0.2, 0.25) is 0 Å². The van der Waals surface area contributed by atoms with Crippen LogP contribution in [0.15, 0.2) is 27.5 Å². The summed E-state index contributed by atoms with van der Waals surface area (Å²) in [5.74, 6) is 0. The molecule has 0 fully saturated rings. The first-order chi connectivity index (χ1) is 15.5. The normalized spacial score (nSPS) is 17.3. The third-order valence-corrected chi connectivity index (χ3v) is 7.79. The van der Waals surface area contributed by atoms with Gasteiger partial charge in [0.05, 0.1) is 33.8 Å². The average molecular weight is 466 g/mol. The molecule has 0 radical (unpaired) electrons. The van der Waals surface area contributed by atoms with Gasteiger partial charge in [0.1, 0.15) is 9.92 Å². The second-order valence-corrected chi connectivity index (χ2v) is 10.9. The van der Waals surface area contributed by atoms with E-state index in [-0.39, 0.29) is 10.5 Å². The molecule has 2 aromatic rings. The van der Waals surface area contributed by atoms with Crippen molar-refractivity contribution in [2.24, 2.45) is 9.50 Å². The van der Waals surface area contributed by atoms with Crippen molar-refractivity contribution in [3.63, 3.8) is 0 Å². The SMILES string of the molecule is CC(C)(O)c1cc(C#N)cc(S(N)(=O)=NC(O)Nc2c3c(c(C#N)c4c2CCC4)CCC3)c1. The molecule has 0 aromatic heterocycles. The smallest absolute Gasteiger partial charge is 0.233 e. The fraction of sp³-hybridized carbons (Fsp3) is 0.417. The fourth-order valence-corrected chi connectivity index (χ4v) is 5.88. The summed E-state index contributed by atoms with van der Waals surface area (Å²) in [6.07, 6.45) is 3.55. The number of hydrogen-bond acceptors (Lipinski definition) is 7. The van der Waals surface area contributed by atoms with Gasteiger partial charge in [-0.15, -0.1) is 0 Å². The highest BCUT2D eigenvalue weighted by Crippen LogP contribution is 2.41. The van der Waals surface area contributed by atoms with E-state index in [0.29, 0.717) is 5.56 Å². The van der Waals surface area contributed by atoms with Gasteiger partial charge in [0.15, 0.2) is 0 Å². The number of nitrogens with one attached hydrogen (secondary N) is 1. The highest BCUT2D eigenvalue weighted by Gasteiger charge is 2.29. The van der Waals surface area contributed by atoms with Gasteiger partial charge in [0, 0.05) is 5.69 Å². The zero-order valence-electron chi connectivity index (χ0n) is 18.7. The molecule has 0 spiro atoms. The molecular weight excluding hydrogens is 438 g/mol. The Labute approximate surface area is 194 Å². The summed E-state index contributed by atoms with van der Waals surface area (Å²) < 4.78 is 17.2. The molecule has 8 nitrogen and oxygen atoms in total. The van der Waals surface area contributed by atoms with Gasteiger partial charge in [-0.25, -0.2) is 9.35 Å². The van der Waals surface area contributed by atoms with Gasteiger partial charge in [0.2, 0.25) is 6.35 Å². The van der Waals surface area contributed by atoms with Gasteiger partial charge < -0.3 is 15.5 Å². The fourth-order valence-electron chi connectivity index (χ4n) is 4.81. The lowest BCUT2D eigenvalue weighted by molar-refractivity contribution is 0.0783. The number of nitrogens with two attached hydrogens (primary N) is 1. The zero-order valence-corrected chi connectivity index (χ0v) is 19.5. The van der Waals surface area contributed by atoms with Crippen LogP contribution in [0.3, 0.4) is 0 Å². The molecule has 5 N–H and O–H groups in total. The van der Waals surface area contributed by atoms with Gasteiger partial charge in [-0.05, 0) is 98.4 Å². The maximum absolute atomic E-state index is 13.3. The van der Waals surface area contributed by atoms with Crippen molar-refractivity contribution in [2.45, 2.75) is 69.2 Å². The van der Waals surface area contributed by atoms with E-state index < -0.39 is 21.9 Å². The van der Waals surface area contributed by atoms with E-state index in [0.717, 1.165) is 72.0 Å². The lowest BCUT2D eigenvalue weighted by atomic mass is 9.93. The number of nitriles is 2. The Kier molecular flexibility index (Phi) is 5.94. The van der Waals surface area contributed by atoms with Crippen LogP contribution in [-0.4, -0.2) is 20.8 Å². The molecule has 2 unspecified atom stereocenters. The number of hydrogen-bond donors (Lipinski definition) is 4. The first-order valence-corrected chi connectivity index (χ1v) is 12.5. The van der Waals surface area contributed by atoms with Gasteiger partial charge in [-0.3, -0.25) is 0 Å². The molecule has 172 valence electrons. The minimum Gasteiger partial charge on any atom is -0.386 e. The number of benzene rings is 2. The van der Waals surface area contributed by atoms with Gasteiger partial charge in [0.25, 0.3) is 0 Å². The Balaban J connectivity index is 1.74. The van der Waals surface area contributed by atoms with Crippen LogP contribution in [0.4, 0.5) is 5.69 Å². The predicted octanol–water partition coefficient (Wildman–Crippen LogP) is 2.72. The van der Waals surface area contributed by atoms with Gasteiger partial charge in [-0.2, -0.15) is 14.9 Å². The Morgan fingerprint density at radius 1 is 1.06 bits per heavy atom. The molecule has 2 atom stereocenters. The van der Waals surface area contributed by atoms with Gasteiger partial charge >= 0.3 is 0 Å². The Morgan fingerprint density at radius 2 is 1.64 bits per heavy atom. The molecule has 0 aliphatic heterocycles. The molecule has 0 saturated heterocycles. The topological polar surface area (TPSA) is 156 Å². The summed E-state index contributed by atoms with van der Waals surface area (Å²) in [6, 6.07) is 8.63. The summed E-state index contributed by atoms with van der Waals surface area (Å²) in [5.41, 5.74) is 4.89. The van der Waals surface area contributed by atoms with Gasteiger partial charge in [-0.1, -0.05) is 0 Å². The molecule has 0 saturated carbocycles. The molecule has 2 aliphatic carbocycles. The van der Waals surface area contributed by atoms with Crippen LogP contribution in [0.5, 0.6) is 0 Å². The highest BCUT2D eigenvalue weighted by molar-refractivity contribution is 7.91. The molecule has 0 amide bonds. The van der Waals surface area contributed by atoms with E-state index >= 15 is 0 Å². The van der Waals surface area contributed by atoms with Crippen LogP contribution in [0.1, 0.15) is 65.6 Å². The van der Waals surface area contributed by atoms with Crippen molar-refractivity contribution in [3.05, 3.63) is 57.1 Å². The van der Waals surface area contributed by atoms with E-state index in [9.17, 15) is 24.9 Å². The lowest BCUT2D eigenvalue weighted by Gasteiger charge is -2.21. The number of fused-ring (bicyclic) bond motifs is 2. The van der Waals surface area contributed by atoms with E-state index in [4.69, 9.17) is 5.14 Å². The summed E-state index contributed by atoms with van der Waals surface area (Å²) in [7, 11) is -3.59. The Hall–Kier alpha value is -2.95. The minimum absolute atomic E-state index is 0.0508. The minimum atomic E-state index is -3.59. The number of rotatable bonds is 5. The van der Waals surface area contributed by atoms with E-state index in [1.54, 1.807) is 13.8 Å². The standard InChI is InChI=1S/C24H27N5O3S/c1-24(2,31)15-9-14(12-25)10-16(11-15)33(27,32)29-23(30)28-22-19-7-3-5-17(19)21(13-26)18-6-4-8-20(18)22/h9-11,23,28,30-31H,3-8H2,1-2H3,(H2,27,29,32). The molecule has 4 rings (SSSR count). The van der Waals surface area contributed by atoms with Crippen LogP contribution in [-0.2, 0) is 41.2 Å². The summed E-state index contributed by atoms with van der Waals surface area (Å²) in [6.45, 7) is 3.09. The quantitative estimate of drug-likeness (QED) is 0.498. The third kappa shape index (κ3) is 4.33. The van der Waals surface area contributed by atoms with E-state index in [1.807, 2.05) is 6.07 Å². The van der Waals surface area contributed by atoms with Crippen molar-refractivity contribution in [1.82, 2.24) is 0 Å². The number of aliphatic hydroxyl groups is 2. The molecule has 2 aliphatic rings. The van der Waals surface area contributed by atoms with E-state index in [2.05, 4.69) is 15.7 Å². The van der Waals surface area contributed by atoms with Crippen LogP contribution >= 0.6 is 0 Å². The summed E-state index contributed by atoms with van der Waals surface area (Å²) >= 11 is 0. The van der Waals surface area contributed by atoms with Crippen LogP contribution < -0.4 is 10.5 Å². The molecular formula is C24H27N5O3S. The maximum Gasteiger partial charge on any atom is 0.233 e. The average Bonchev–Trinajstić information content (AvgIpc) is 3.42. The molecule has 0 heterocycles. The summed E-state index contributed by atoms with van der Waals surface area (Å²) in [5, 5.41) is 49.1. The number of aliphatic hydroxyl groups excluding tert-OH is 1. The Bertz CT molecular complexity index is 1300. The first-order valence-electron chi connectivity index (χ1n) is 10.9. The second kappa shape index (κ2) is 8.44. The predicted molar refractivity (Wildman–Crippen MR) is 124 cm³/mol. The monoisotopic (exact) mass is 465 g/mol. The maximum atomic E-state index is 13.3. The molecule has 33 heavy (non-hydrogen) atoms. The second-order valence-electron chi connectivity index (χ2n) is 9.09. The largest absolute Gasteiger partial charge is 0.386 e. The van der Waals surface area contributed by atoms with E-state index in [1.165, 1.54) is 18.2 Å². The molecule has 0 bridgehead atoms. The van der Waals surface area contributed by atoms with Crippen molar-refractivity contribution in [2.75, 3.05) is 5.32 Å². The Morgan fingerprint density at radius 3 is 2.15 bits per heavy atom. The zero-order chi connectivity index (χ0) is 24.0. The van der Waals surface area contributed by atoms with Crippen molar-refractivity contribution in [3.8, 4) is 12.1 Å². The van der Waals surface area contributed by atoms with Crippen molar-refractivity contribution >= 4 is 15.6 Å². The first kappa shape index (κ1) is 23.2. The van der Waals surface area contributed by atoms with Crippen LogP contribution in [0.25, 0.3) is 0 Å². The lowest BCUT2D eigenvalue weighted by Crippen LogP contribution is -2.24. The number of nitrogens with zero attached hydrogens (tertiary/aromatic N) is 3. The van der Waals surface area contributed by atoms with Crippen LogP contribution in [0, 0.1) is 22.7 Å². The third-order valence-electron chi connectivity index (χ3n) is 6.36. The van der Waals surface area contributed by atoms with Crippen molar-refractivity contribution < 1.29 is 14.4 Å². The molecule has 9 heteroatoms. The molecule has 2 aromatic carbocycles. The van der Waals surface area contributed by atoms with Crippen molar-refractivity contribution in [1.29, 1.82) is 10.5 Å².